The molecule has 1 saturated heterocycles. The largest absolute Gasteiger partial charge is 0.394 e. The first-order valence-electron chi connectivity index (χ1n) is 12.2. The Morgan fingerprint density at radius 3 is 2.19 bits per heavy atom. The molecule has 192 valence electrons. The summed E-state index contributed by atoms with van der Waals surface area (Å²) in [5.41, 5.74) is 0. The third kappa shape index (κ3) is 15.1. The molecule has 1 aliphatic heterocycles. The third-order valence-corrected chi connectivity index (χ3v) is 5.12. The maximum Gasteiger partial charge on any atom is 0.219 e. The molecular weight excluding hydrogens is 414 g/mol. The maximum atomic E-state index is 11.8. The lowest BCUT2D eigenvalue weighted by Gasteiger charge is -2.40. The number of rotatable bonds is 15. The molecule has 1 rings (SSSR count). The van der Waals surface area contributed by atoms with E-state index < -0.39 is 24.6 Å². The molecule has 0 aromatic heterocycles. The van der Waals surface area contributed by atoms with Crippen LogP contribution in [0.3, 0.4) is 0 Å². The molecule has 1 fully saturated rings. The van der Waals surface area contributed by atoms with Crippen molar-refractivity contribution in [2.45, 2.75) is 104 Å². The molecule has 0 bridgehead atoms. The highest BCUT2D eigenvalue weighted by atomic mass is 16.7. The van der Waals surface area contributed by atoms with E-state index in [-0.39, 0.29) is 18.4 Å². The number of amides is 1. The van der Waals surface area contributed by atoms with Crippen LogP contribution in [0.5, 0.6) is 0 Å². The van der Waals surface area contributed by atoms with Crippen molar-refractivity contribution in [1.82, 2.24) is 5.32 Å². The number of carbonyl (C=O) groups excluding carboxylic acids is 1. The summed E-state index contributed by atoms with van der Waals surface area (Å²) in [6, 6.07) is 0. The van der Waals surface area contributed by atoms with Crippen molar-refractivity contribution in [3.05, 3.63) is 0 Å². The van der Waals surface area contributed by atoms with Crippen molar-refractivity contribution in [1.29, 1.82) is 0 Å². The van der Waals surface area contributed by atoms with Gasteiger partial charge in [-0.1, -0.05) is 47.0 Å². The van der Waals surface area contributed by atoms with Gasteiger partial charge in [0.05, 0.1) is 12.7 Å². The smallest absolute Gasteiger partial charge is 0.219 e. The molecule has 0 radical (unpaired) electrons. The number of aliphatic hydroxyl groups is 3. The maximum absolute atomic E-state index is 11.8. The molecule has 8 heteroatoms. The summed E-state index contributed by atoms with van der Waals surface area (Å²) < 4.78 is 16.2. The van der Waals surface area contributed by atoms with Crippen LogP contribution in [0, 0.1) is 11.8 Å². The van der Waals surface area contributed by atoms with Crippen LogP contribution in [0.25, 0.3) is 0 Å². The molecule has 0 aliphatic carbocycles. The van der Waals surface area contributed by atoms with Gasteiger partial charge in [-0.3, -0.25) is 4.79 Å². The molecule has 1 aliphatic rings. The molecule has 0 saturated carbocycles. The summed E-state index contributed by atoms with van der Waals surface area (Å²) in [6.45, 7) is 9.85. The number of methoxy groups -OCH3 is 1. The summed E-state index contributed by atoms with van der Waals surface area (Å²) in [4.78, 5) is 11.8. The summed E-state index contributed by atoms with van der Waals surface area (Å²) in [5, 5.41) is 32.0. The molecule has 2 unspecified atom stereocenters. The highest BCUT2D eigenvalue weighted by Crippen LogP contribution is 2.26. The molecule has 8 nitrogen and oxygen atoms in total. The van der Waals surface area contributed by atoms with Crippen LogP contribution in [0.1, 0.15) is 79.1 Å². The standard InChI is InChI=1S/C20H39NO7.C4H10/c1-15-18(24)19(25)16(14-22)28-20(15)27-13-9-5-6-10-17(23)21-11-7-3-4-8-12-26-2;1-4(2)3/h15-16,18-20,22,24-25H,3-14H2,1-2H3,(H,21,23);4H,1-3H3/t15?,16?,18-,19+,20-;/m1./s1. The van der Waals surface area contributed by atoms with Gasteiger partial charge in [-0.05, 0) is 31.6 Å². The van der Waals surface area contributed by atoms with E-state index in [0.29, 0.717) is 13.0 Å². The molecule has 4 N–H and O–H groups in total. The first kappa shape index (κ1) is 31.2. The normalized spacial score (nSPS) is 25.3. The van der Waals surface area contributed by atoms with Gasteiger partial charge in [-0.15, -0.1) is 0 Å². The monoisotopic (exact) mass is 463 g/mol. The molecule has 1 heterocycles. The Hall–Kier alpha value is -0.770. The fourth-order valence-electron chi connectivity index (χ4n) is 3.22. The zero-order valence-electron chi connectivity index (χ0n) is 20.9. The molecule has 1 amide bonds. The fourth-order valence-corrected chi connectivity index (χ4v) is 3.22. The first-order chi connectivity index (χ1) is 15.2. The Labute approximate surface area is 195 Å². The predicted octanol–water partition coefficient (Wildman–Crippen LogP) is 2.62. The lowest BCUT2D eigenvalue weighted by atomic mass is 9.92. The molecule has 0 spiro atoms. The SMILES string of the molecule is CC(C)C.COCCCCCCNC(=O)CCCCCO[C@@H]1OC(CO)[C@H](O)[C@H](O)C1C. The van der Waals surface area contributed by atoms with Gasteiger partial charge in [0.1, 0.15) is 12.2 Å². The molecule has 0 aromatic rings. The van der Waals surface area contributed by atoms with E-state index in [4.69, 9.17) is 14.2 Å². The number of hydrogen-bond acceptors (Lipinski definition) is 7. The highest BCUT2D eigenvalue weighted by Gasteiger charge is 2.42. The second-order valence-corrected chi connectivity index (χ2v) is 9.24. The van der Waals surface area contributed by atoms with Gasteiger partial charge < -0.3 is 34.8 Å². The number of ether oxygens (including phenoxy) is 3. The zero-order valence-corrected chi connectivity index (χ0v) is 20.9. The van der Waals surface area contributed by atoms with Crippen molar-refractivity contribution < 1.29 is 34.3 Å². The van der Waals surface area contributed by atoms with Crippen LogP contribution in [-0.2, 0) is 19.0 Å². The Morgan fingerprint density at radius 1 is 0.969 bits per heavy atom. The number of nitrogens with one attached hydrogen (secondary N) is 1. The van der Waals surface area contributed by atoms with E-state index in [9.17, 15) is 20.1 Å². The molecular formula is C24H49NO7. The van der Waals surface area contributed by atoms with Crippen molar-refractivity contribution in [3.8, 4) is 0 Å². The molecule has 5 atom stereocenters. The summed E-state index contributed by atoms with van der Waals surface area (Å²) in [5.74, 6) is 0.544. The Balaban J connectivity index is 0.00000220. The minimum Gasteiger partial charge on any atom is -0.394 e. The van der Waals surface area contributed by atoms with Gasteiger partial charge in [0.25, 0.3) is 0 Å². The Bertz CT molecular complexity index is 445. The quantitative estimate of drug-likeness (QED) is 0.276. The average Bonchev–Trinajstić information content (AvgIpc) is 2.74. The first-order valence-corrected chi connectivity index (χ1v) is 12.2. The van der Waals surface area contributed by atoms with Crippen molar-refractivity contribution in [3.63, 3.8) is 0 Å². The summed E-state index contributed by atoms with van der Waals surface area (Å²) >= 11 is 0. The lowest BCUT2D eigenvalue weighted by molar-refractivity contribution is -0.282. The van der Waals surface area contributed by atoms with E-state index in [1.165, 1.54) is 0 Å². The van der Waals surface area contributed by atoms with E-state index in [0.717, 1.165) is 64.0 Å². The van der Waals surface area contributed by atoms with E-state index in [2.05, 4.69) is 26.1 Å². The predicted molar refractivity (Wildman–Crippen MR) is 125 cm³/mol. The van der Waals surface area contributed by atoms with Crippen LogP contribution < -0.4 is 5.32 Å². The van der Waals surface area contributed by atoms with Crippen LogP contribution in [0.15, 0.2) is 0 Å². The van der Waals surface area contributed by atoms with Crippen LogP contribution in [-0.4, -0.2) is 79.3 Å². The minimum atomic E-state index is -1.11. The van der Waals surface area contributed by atoms with Gasteiger partial charge in [0.15, 0.2) is 6.29 Å². The number of hydrogen-bond donors (Lipinski definition) is 4. The van der Waals surface area contributed by atoms with Crippen LogP contribution >= 0.6 is 0 Å². The van der Waals surface area contributed by atoms with Gasteiger partial charge in [-0.25, -0.2) is 0 Å². The van der Waals surface area contributed by atoms with Gasteiger partial charge >= 0.3 is 0 Å². The number of unbranched alkanes of at least 4 members (excludes halogenated alkanes) is 5. The summed E-state index contributed by atoms with van der Waals surface area (Å²) in [6.07, 6.45) is 3.67. The van der Waals surface area contributed by atoms with Crippen LogP contribution in [0.4, 0.5) is 0 Å². The summed E-state index contributed by atoms with van der Waals surface area (Å²) in [7, 11) is 1.71. The van der Waals surface area contributed by atoms with E-state index >= 15 is 0 Å². The molecule has 0 aromatic carbocycles. The zero-order chi connectivity index (χ0) is 24.4. The third-order valence-electron chi connectivity index (χ3n) is 5.12. The lowest BCUT2D eigenvalue weighted by Crippen LogP contribution is -2.55. The Morgan fingerprint density at radius 2 is 1.56 bits per heavy atom. The van der Waals surface area contributed by atoms with E-state index in [1.54, 1.807) is 14.0 Å². The minimum absolute atomic E-state index is 0.0879. The number of carbonyl (C=O) groups is 1. The van der Waals surface area contributed by atoms with Crippen molar-refractivity contribution >= 4 is 5.91 Å². The van der Waals surface area contributed by atoms with Crippen LogP contribution in [0.2, 0.25) is 0 Å². The van der Waals surface area contributed by atoms with Crippen molar-refractivity contribution in [2.75, 3.05) is 33.5 Å². The van der Waals surface area contributed by atoms with Crippen molar-refractivity contribution in [2.24, 2.45) is 11.8 Å². The van der Waals surface area contributed by atoms with Gasteiger partial charge in [-0.2, -0.15) is 0 Å². The second-order valence-electron chi connectivity index (χ2n) is 9.24. The average molecular weight is 464 g/mol. The van der Waals surface area contributed by atoms with Gasteiger partial charge in [0.2, 0.25) is 5.91 Å². The highest BCUT2D eigenvalue weighted by molar-refractivity contribution is 5.75. The topological polar surface area (TPSA) is 117 Å². The van der Waals surface area contributed by atoms with E-state index in [1.807, 2.05) is 0 Å². The van der Waals surface area contributed by atoms with Gasteiger partial charge in [0, 0.05) is 39.2 Å². The Kier molecular flexibility index (Phi) is 19.2. The number of aliphatic hydroxyl groups excluding tert-OH is 3. The second kappa shape index (κ2) is 19.7. The molecule has 32 heavy (non-hydrogen) atoms. The fraction of sp³-hybridized carbons (Fsp3) is 0.958.